The molecule has 2 aromatic heterocycles. The van der Waals surface area contributed by atoms with E-state index < -0.39 is 0 Å². The first-order valence-electron chi connectivity index (χ1n) is 5.05. The second-order valence-corrected chi connectivity index (χ2v) is 3.54. The fraction of sp³-hybridized carbons (Fsp3) is 0.273. The number of imidazole rings is 1. The van der Waals surface area contributed by atoms with Gasteiger partial charge in [-0.25, -0.2) is 4.98 Å². The SMILES string of the molecule is Cc1cn2ccc(C(=O)NCCO)cc2n1. The van der Waals surface area contributed by atoms with Crippen LogP contribution < -0.4 is 5.32 Å². The number of hydrogen-bond acceptors (Lipinski definition) is 3. The lowest BCUT2D eigenvalue weighted by atomic mass is 10.2. The predicted molar refractivity (Wildman–Crippen MR) is 59.3 cm³/mol. The summed E-state index contributed by atoms with van der Waals surface area (Å²) >= 11 is 0. The van der Waals surface area contributed by atoms with Crippen LogP contribution in [0.3, 0.4) is 0 Å². The number of carbonyl (C=O) groups excluding carboxylic acids is 1. The summed E-state index contributed by atoms with van der Waals surface area (Å²) in [7, 11) is 0. The molecule has 0 aliphatic rings. The number of aliphatic hydroxyl groups excluding tert-OH is 1. The van der Waals surface area contributed by atoms with E-state index in [1.54, 1.807) is 18.3 Å². The zero-order valence-corrected chi connectivity index (χ0v) is 8.97. The zero-order valence-electron chi connectivity index (χ0n) is 8.97. The lowest BCUT2D eigenvalue weighted by Gasteiger charge is -2.03. The number of aromatic nitrogens is 2. The molecule has 2 aromatic rings. The van der Waals surface area contributed by atoms with Gasteiger partial charge >= 0.3 is 0 Å². The third kappa shape index (κ3) is 2.04. The van der Waals surface area contributed by atoms with Gasteiger partial charge in [0, 0.05) is 24.5 Å². The Kier molecular flexibility index (Phi) is 2.87. The first kappa shape index (κ1) is 10.6. The van der Waals surface area contributed by atoms with Crippen molar-refractivity contribution < 1.29 is 9.90 Å². The van der Waals surface area contributed by atoms with Crippen LogP contribution in [0, 0.1) is 6.92 Å². The van der Waals surface area contributed by atoms with Crippen molar-refractivity contribution in [3.63, 3.8) is 0 Å². The van der Waals surface area contributed by atoms with Gasteiger partial charge in [-0.2, -0.15) is 0 Å². The lowest BCUT2D eigenvalue weighted by Crippen LogP contribution is -2.26. The van der Waals surface area contributed by atoms with E-state index in [1.165, 1.54) is 0 Å². The van der Waals surface area contributed by atoms with Crippen LogP contribution in [0.5, 0.6) is 0 Å². The molecule has 5 heteroatoms. The average molecular weight is 219 g/mol. The van der Waals surface area contributed by atoms with Crippen molar-refractivity contribution in [3.8, 4) is 0 Å². The molecule has 84 valence electrons. The Morgan fingerprint density at radius 2 is 2.44 bits per heavy atom. The first-order valence-corrected chi connectivity index (χ1v) is 5.05. The lowest BCUT2D eigenvalue weighted by molar-refractivity contribution is 0.0945. The van der Waals surface area contributed by atoms with Gasteiger partial charge in [0.15, 0.2) is 0 Å². The number of fused-ring (bicyclic) bond motifs is 1. The molecule has 2 heterocycles. The number of carbonyl (C=O) groups is 1. The van der Waals surface area contributed by atoms with E-state index in [0.29, 0.717) is 5.56 Å². The topological polar surface area (TPSA) is 66.6 Å². The monoisotopic (exact) mass is 219 g/mol. The summed E-state index contributed by atoms with van der Waals surface area (Å²) in [6.45, 7) is 2.10. The summed E-state index contributed by atoms with van der Waals surface area (Å²) < 4.78 is 1.86. The van der Waals surface area contributed by atoms with Gasteiger partial charge in [-0.1, -0.05) is 0 Å². The fourth-order valence-corrected chi connectivity index (χ4v) is 1.52. The van der Waals surface area contributed by atoms with Gasteiger partial charge in [0.1, 0.15) is 5.65 Å². The second kappa shape index (κ2) is 4.32. The van der Waals surface area contributed by atoms with Gasteiger partial charge in [-0.3, -0.25) is 4.79 Å². The summed E-state index contributed by atoms with van der Waals surface area (Å²) in [4.78, 5) is 15.9. The van der Waals surface area contributed by atoms with Crippen LogP contribution in [0.2, 0.25) is 0 Å². The van der Waals surface area contributed by atoms with Gasteiger partial charge < -0.3 is 14.8 Å². The number of nitrogens with one attached hydrogen (secondary N) is 1. The Hall–Kier alpha value is -1.88. The standard InChI is InChI=1S/C11H13N3O2/c1-8-7-14-4-2-9(6-10(14)13-8)11(16)12-3-5-15/h2,4,6-7,15H,3,5H2,1H3,(H,12,16). The number of hydrogen-bond donors (Lipinski definition) is 2. The van der Waals surface area contributed by atoms with Crippen LogP contribution in [-0.2, 0) is 0 Å². The maximum absolute atomic E-state index is 11.6. The third-order valence-electron chi connectivity index (χ3n) is 2.24. The number of nitrogens with zero attached hydrogens (tertiary/aromatic N) is 2. The van der Waals surface area contributed by atoms with Crippen LogP contribution >= 0.6 is 0 Å². The first-order chi connectivity index (χ1) is 7.70. The van der Waals surface area contributed by atoms with Gasteiger partial charge in [-0.05, 0) is 19.1 Å². The fourth-order valence-electron chi connectivity index (χ4n) is 1.52. The number of pyridine rings is 1. The minimum atomic E-state index is -0.197. The molecule has 0 radical (unpaired) electrons. The molecule has 0 aliphatic heterocycles. The van der Waals surface area contributed by atoms with Gasteiger partial charge in [0.25, 0.3) is 5.91 Å². The quantitative estimate of drug-likeness (QED) is 0.783. The number of amides is 1. The largest absolute Gasteiger partial charge is 0.395 e. The van der Waals surface area contributed by atoms with Crippen molar-refractivity contribution in [1.82, 2.24) is 14.7 Å². The summed E-state index contributed by atoms with van der Waals surface area (Å²) in [5, 5.41) is 11.2. The van der Waals surface area contributed by atoms with Crippen molar-refractivity contribution in [2.45, 2.75) is 6.92 Å². The predicted octanol–water partition coefficient (Wildman–Crippen LogP) is 0.365. The molecule has 1 amide bonds. The summed E-state index contributed by atoms with van der Waals surface area (Å²) in [6, 6.07) is 3.44. The molecular formula is C11H13N3O2. The molecule has 0 saturated heterocycles. The van der Waals surface area contributed by atoms with Crippen molar-refractivity contribution >= 4 is 11.6 Å². The average Bonchev–Trinajstić information content (AvgIpc) is 2.64. The molecule has 16 heavy (non-hydrogen) atoms. The van der Waals surface area contributed by atoms with Crippen molar-refractivity contribution in [2.75, 3.05) is 13.2 Å². The van der Waals surface area contributed by atoms with Gasteiger partial charge in [-0.15, -0.1) is 0 Å². The molecule has 0 fully saturated rings. The van der Waals surface area contributed by atoms with E-state index in [-0.39, 0.29) is 19.1 Å². The Labute approximate surface area is 92.7 Å². The smallest absolute Gasteiger partial charge is 0.251 e. The zero-order chi connectivity index (χ0) is 11.5. The van der Waals surface area contributed by atoms with E-state index in [0.717, 1.165) is 11.3 Å². The van der Waals surface area contributed by atoms with Crippen LogP contribution in [0.1, 0.15) is 16.1 Å². The van der Waals surface area contributed by atoms with E-state index >= 15 is 0 Å². The molecule has 0 bridgehead atoms. The molecule has 0 aliphatic carbocycles. The Balaban J connectivity index is 2.28. The second-order valence-electron chi connectivity index (χ2n) is 3.54. The normalized spacial score (nSPS) is 10.6. The summed E-state index contributed by atoms with van der Waals surface area (Å²) in [5.41, 5.74) is 2.20. The van der Waals surface area contributed by atoms with Crippen LogP contribution in [0.25, 0.3) is 5.65 Å². The molecule has 2 rings (SSSR count). The highest BCUT2D eigenvalue weighted by atomic mass is 16.3. The summed E-state index contributed by atoms with van der Waals surface area (Å²) in [6.07, 6.45) is 3.69. The van der Waals surface area contributed by atoms with Gasteiger partial charge in [0.05, 0.1) is 12.3 Å². The molecule has 0 saturated carbocycles. The Morgan fingerprint density at radius 3 is 3.19 bits per heavy atom. The van der Waals surface area contributed by atoms with Crippen LogP contribution in [0.15, 0.2) is 24.5 Å². The highest BCUT2D eigenvalue weighted by molar-refractivity contribution is 5.95. The number of aryl methyl sites for hydroxylation is 1. The highest BCUT2D eigenvalue weighted by Gasteiger charge is 2.06. The molecule has 0 unspecified atom stereocenters. The molecule has 5 nitrogen and oxygen atoms in total. The van der Waals surface area contributed by atoms with Crippen molar-refractivity contribution in [3.05, 3.63) is 35.8 Å². The van der Waals surface area contributed by atoms with Crippen molar-refractivity contribution in [1.29, 1.82) is 0 Å². The Morgan fingerprint density at radius 1 is 1.62 bits per heavy atom. The van der Waals surface area contributed by atoms with Crippen LogP contribution in [-0.4, -0.2) is 33.6 Å². The third-order valence-corrected chi connectivity index (χ3v) is 2.24. The molecule has 2 N–H and O–H groups in total. The number of aliphatic hydroxyl groups is 1. The maximum atomic E-state index is 11.6. The van der Waals surface area contributed by atoms with Gasteiger partial charge in [0.2, 0.25) is 0 Å². The molecular weight excluding hydrogens is 206 g/mol. The minimum Gasteiger partial charge on any atom is -0.395 e. The van der Waals surface area contributed by atoms with E-state index in [4.69, 9.17) is 5.11 Å². The van der Waals surface area contributed by atoms with Crippen LogP contribution in [0.4, 0.5) is 0 Å². The van der Waals surface area contributed by atoms with Crippen molar-refractivity contribution in [2.24, 2.45) is 0 Å². The summed E-state index contributed by atoms with van der Waals surface area (Å²) in [5.74, 6) is -0.197. The molecule has 0 aromatic carbocycles. The number of rotatable bonds is 3. The molecule has 0 atom stereocenters. The Bertz CT molecular complexity index is 519. The van der Waals surface area contributed by atoms with E-state index in [9.17, 15) is 4.79 Å². The molecule has 0 spiro atoms. The maximum Gasteiger partial charge on any atom is 0.251 e. The highest BCUT2D eigenvalue weighted by Crippen LogP contribution is 2.07. The minimum absolute atomic E-state index is 0.0591. The van der Waals surface area contributed by atoms with E-state index in [2.05, 4.69) is 10.3 Å². The van der Waals surface area contributed by atoms with E-state index in [1.807, 2.05) is 17.5 Å².